The highest BCUT2D eigenvalue weighted by Gasteiger charge is 2.37. The first kappa shape index (κ1) is 19.1. The maximum Gasteiger partial charge on any atom is 0.242 e. The lowest BCUT2D eigenvalue weighted by atomic mass is 9.79. The standard InChI is InChI=1S/C17H19Cl2NO3S2/c1-12-9-15(14(19)10-13(12)18)25(21,22)20-11-17(4-6-23-7-5-17)16-3-2-8-24-16/h2-3,8-10,20H,4-7,11H2,1H3. The van der Waals surface area contributed by atoms with Crippen molar-refractivity contribution >= 4 is 44.6 Å². The Morgan fingerprint density at radius 1 is 1.24 bits per heavy atom. The SMILES string of the molecule is Cc1cc(S(=O)(=O)NCC2(c3cccs3)CCOCC2)c(Cl)cc1Cl. The topological polar surface area (TPSA) is 55.4 Å². The molecule has 1 saturated heterocycles. The van der Waals surface area contributed by atoms with Crippen molar-refractivity contribution in [3.8, 4) is 0 Å². The molecule has 1 fully saturated rings. The zero-order valence-corrected chi connectivity index (χ0v) is 16.9. The number of sulfonamides is 1. The number of hydrogen-bond donors (Lipinski definition) is 1. The van der Waals surface area contributed by atoms with Crippen LogP contribution in [0.3, 0.4) is 0 Å². The van der Waals surface area contributed by atoms with Gasteiger partial charge in [0, 0.05) is 35.1 Å². The molecule has 1 N–H and O–H groups in total. The molecule has 4 nitrogen and oxygen atoms in total. The average Bonchev–Trinajstić information content (AvgIpc) is 3.12. The lowest BCUT2D eigenvalue weighted by Gasteiger charge is -2.36. The number of aryl methyl sites for hydroxylation is 1. The Hall–Kier alpha value is -0.630. The third kappa shape index (κ3) is 4.04. The first-order valence-corrected chi connectivity index (χ1v) is 11.0. The molecule has 0 amide bonds. The van der Waals surface area contributed by atoms with Crippen molar-refractivity contribution in [3.05, 3.63) is 50.1 Å². The quantitative estimate of drug-likeness (QED) is 0.781. The molecule has 2 heterocycles. The molecule has 8 heteroatoms. The highest BCUT2D eigenvalue weighted by molar-refractivity contribution is 7.89. The Balaban J connectivity index is 1.87. The largest absolute Gasteiger partial charge is 0.381 e. The predicted molar refractivity (Wildman–Crippen MR) is 102 cm³/mol. The van der Waals surface area contributed by atoms with E-state index in [2.05, 4.69) is 10.8 Å². The number of rotatable bonds is 5. The Morgan fingerprint density at radius 2 is 1.96 bits per heavy atom. The molecule has 3 rings (SSSR count). The van der Waals surface area contributed by atoms with Gasteiger partial charge in [-0.1, -0.05) is 29.3 Å². The fraction of sp³-hybridized carbons (Fsp3) is 0.412. The van der Waals surface area contributed by atoms with Crippen LogP contribution in [0.1, 0.15) is 23.3 Å². The summed E-state index contributed by atoms with van der Waals surface area (Å²) < 4.78 is 33.8. The summed E-state index contributed by atoms with van der Waals surface area (Å²) in [6, 6.07) is 7.03. The zero-order chi connectivity index (χ0) is 18.1. The normalized spacial score (nSPS) is 17.6. The number of thiophene rings is 1. The summed E-state index contributed by atoms with van der Waals surface area (Å²) >= 11 is 13.8. The van der Waals surface area contributed by atoms with Crippen LogP contribution in [0, 0.1) is 6.92 Å². The Bertz CT molecular complexity index is 845. The zero-order valence-electron chi connectivity index (χ0n) is 13.7. The van der Waals surface area contributed by atoms with Crippen LogP contribution >= 0.6 is 34.5 Å². The van der Waals surface area contributed by atoms with Gasteiger partial charge in [-0.25, -0.2) is 13.1 Å². The van der Waals surface area contributed by atoms with Crippen molar-refractivity contribution in [1.82, 2.24) is 4.72 Å². The minimum absolute atomic E-state index is 0.0597. The van der Waals surface area contributed by atoms with Crippen LogP contribution in [-0.4, -0.2) is 28.2 Å². The molecule has 25 heavy (non-hydrogen) atoms. The van der Waals surface area contributed by atoms with E-state index in [4.69, 9.17) is 27.9 Å². The molecular formula is C17H19Cl2NO3S2. The van der Waals surface area contributed by atoms with Gasteiger partial charge in [-0.2, -0.15) is 0 Å². The Kier molecular flexibility index (Phi) is 5.78. The van der Waals surface area contributed by atoms with Crippen molar-refractivity contribution in [3.63, 3.8) is 0 Å². The Morgan fingerprint density at radius 3 is 2.60 bits per heavy atom. The molecule has 1 aliphatic heterocycles. The van der Waals surface area contributed by atoms with Crippen molar-refractivity contribution in [2.45, 2.75) is 30.1 Å². The molecule has 136 valence electrons. The summed E-state index contributed by atoms with van der Waals surface area (Å²) in [5.41, 5.74) is 0.429. The molecule has 0 spiro atoms. The van der Waals surface area contributed by atoms with E-state index in [1.54, 1.807) is 18.3 Å². The highest BCUT2D eigenvalue weighted by Crippen LogP contribution is 2.37. The number of benzene rings is 1. The summed E-state index contributed by atoms with van der Waals surface area (Å²) in [5, 5.41) is 2.59. The van der Waals surface area contributed by atoms with Gasteiger partial charge in [0.1, 0.15) is 4.90 Å². The van der Waals surface area contributed by atoms with Crippen LogP contribution < -0.4 is 4.72 Å². The summed E-state index contributed by atoms with van der Waals surface area (Å²) in [5.74, 6) is 0. The molecule has 2 aromatic rings. The maximum atomic E-state index is 12.8. The van der Waals surface area contributed by atoms with Crippen LogP contribution in [0.5, 0.6) is 0 Å². The number of nitrogens with one attached hydrogen (secondary N) is 1. The number of halogens is 2. The second kappa shape index (κ2) is 7.55. The van der Waals surface area contributed by atoms with E-state index >= 15 is 0 Å². The molecular weight excluding hydrogens is 401 g/mol. The average molecular weight is 420 g/mol. The summed E-state index contributed by atoms with van der Waals surface area (Å²) in [7, 11) is -3.74. The van der Waals surface area contributed by atoms with Gasteiger partial charge < -0.3 is 4.74 Å². The van der Waals surface area contributed by atoms with E-state index in [0.717, 1.165) is 12.8 Å². The molecule has 0 unspecified atom stereocenters. The maximum absolute atomic E-state index is 12.8. The van der Waals surface area contributed by atoms with Crippen molar-refractivity contribution in [1.29, 1.82) is 0 Å². The molecule has 0 saturated carbocycles. The van der Waals surface area contributed by atoms with E-state index in [-0.39, 0.29) is 15.3 Å². The monoisotopic (exact) mass is 419 g/mol. The van der Waals surface area contributed by atoms with Crippen molar-refractivity contribution < 1.29 is 13.2 Å². The fourth-order valence-electron chi connectivity index (χ4n) is 3.00. The van der Waals surface area contributed by atoms with E-state index in [9.17, 15) is 8.42 Å². The molecule has 1 aromatic carbocycles. The number of ether oxygens (including phenoxy) is 1. The molecule has 0 bridgehead atoms. The third-order valence-electron chi connectivity index (χ3n) is 4.60. The van der Waals surface area contributed by atoms with Crippen LogP contribution in [0.25, 0.3) is 0 Å². The van der Waals surface area contributed by atoms with Gasteiger partial charge in [-0.15, -0.1) is 11.3 Å². The third-order valence-corrected chi connectivity index (χ3v) is 7.99. The summed E-state index contributed by atoms with van der Waals surface area (Å²) in [6.07, 6.45) is 1.56. The smallest absolute Gasteiger partial charge is 0.242 e. The molecule has 1 aliphatic rings. The Labute approximate surface area is 162 Å². The lowest BCUT2D eigenvalue weighted by molar-refractivity contribution is 0.0529. The fourth-order valence-corrected chi connectivity index (χ4v) is 5.94. The molecule has 0 atom stereocenters. The van der Waals surface area contributed by atoms with Gasteiger partial charge >= 0.3 is 0 Å². The van der Waals surface area contributed by atoms with E-state index in [1.807, 2.05) is 11.4 Å². The number of hydrogen-bond acceptors (Lipinski definition) is 4. The second-order valence-electron chi connectivity index (χ2n) is 6.23. The van der Waals surface area contributed by atoms with Gasteiger partial charge in [0.25, 0.3) is 0 Å². The highest BCUT2D eigenvalue weighted by atomic mass is 35.5. The van der Waals surface area contributed by atoms with Crippen molar-refractivity contribution in [2.75, 3.05) is 19.8 Å². The van der Waals surface area contributed by atoms with Gasteiger partial charge in [0.2, 0.25) is 10.0 Å². The van der Waals surface area contributed by atoms with Crippen LogP contribution in [0.15, 0.2) is 34.5 Å². The van der Waals surface area contributed by atoms with Gasteiger partial charge in [0.05, 0.1) is 5.02 Å². The first-order valence-electron chi connectivity index (χ1n) is 7.91. The van der Waals surface area contributed by atoms with Gasteiger partial charge in [-0.3, -0.25) is 0 Å². The van der Waals surface area contributed by atoms with Gasteiger partial charge in [0.15, 0.2) is 0 Å². The van der Waals surface area contributed by atoms with Crippen molar-refractivity contribution in [2.24, 2.45) is 0 Å². The molecule has 0 radical (unpaired) electrons. The predicted octanol–water partition coefficient (Wildman–Crippen LogP) is 4.39. The minimum Gasteiger partial charge on any atom is -0.381 e. The van der Waals surface area contributed by atoms with Crippen LogP contribution in [0.4, 0.5) is 0 Å². The summed E-state index contributed by atoms with van der Waals surface area (Å²) in [4.78, 5) is 1.24. The van der Waals surface area contributed by atoms with Crippen LogP contribution in [0.2, 0.25) is 10.0 Å². The lowest BCUT2D eigenvalue weighted by Crippen LogP contribution is -2.44. The van der Waals surface area contributed by atoms with E-state index in [1.165, 1.54) is 17.0 Å². The van der Waals surface area contributed by atoms with E-state index < -0.39 is 10.0 Å². The minimum atomic E-state index is -3.74. The first-order chi connectivity index (χ1) is 11.8. The molecule has 1 aromatic heterocycles. The van der Waals surface area contributed by atoms with Crippen LogP contribution in [-0.2, 0) is 20.2 Å². The summed E-state index contributed by atoms with van der Waals surface area (Å²) in [6.45, 7) is 3.32. The molecule has 0 aliphatic carbocycles. The van der Waals surface area contributed by atoms with E-state index in [0.29, 0.717) is 30.3 Å². The van der Waals surface area contributed by atoms with Gasteiger partial charge in [-0.05, 0) is 48.9 Å². The second-order valence-corrected chi connectivity index (χ2v) is 9.72.